The maximum atomic E-state index is 7.27. The van der Waals surface area contributed by atoms with Crippen molar-refractivity contribution in [1.82, 2.24) is 0 Å². The fourth-order valence-corrected chi connectivity index (χ4v) is 11.7. The Morgan fingerprint density at radius 2 is 0.757 bits per heavy atom. The van der Waals surface area contributed by atoms with Crippen molar-refractivity contribution in [3.05, 3.63) is 294 Å². The Morgan fingerprint density at radius 3 is 1.34 bits per heavy atom. The number of hydrogen-bond donors (Lipinski definition) is 0. The minimum Gasteiger partial charge on any atom is -0.455 e. The van der Waals surface area contributed by atoms with Crippen molar-refractivity contribution in [2.45, 2.75) is 24.7 Å². The van der Waals surface area contributed by atoms with E-state index in [9.17, 15) is 0 Å². The maximum Gasteiger partial charge on any atom is 0.142 e. The number of fused-ring (bicyclic) bond motifs is 6. The number of hydrogen-bond acceptors (Lipinski definition) is 2. The van der Waals surface area contributed by atoms with Gasteiger partial charge in [0, 0.05) is 44.7 Å². The van der Waals surface area contributed by atoms with E-state index in [4.69, 9.17) is 4.42 Å². The van der Waals surface area contributed by atoms with E-state index < -0.39 is 5.41 Å². The van der Waals surface area contributed by atoms with Gasteiger partial charge in [-0.1, -0.05) is 232 Å². The molecule has 0 radical (unpaired) electrons. The fourth-order valence-electron chi connectivity index (χ4n) is 11.7. The van der Waals surface area contributed by atoms with Gasteiger partial charge in [0.2, 0.25) is 0 Å². The predicted octanol–water partition coefficient (Wildman–Crippen LogP) is 18.1. The molecule has 1 aromatic heterocycles. The van der Waals surface area contributed by atoms with E-state index in [1.807, 2.05) is 0 Å². The minimum absolute atomic E-state index is 0.127. The van der Waals surface area contributed by atoms with Crippen molar-refractivity contribution in [2.24, 2.45) is 0 Å². The molecular formula is C68H49NO. The quantitative estimate of drug-likeness (QED) is 0.144. The molecule has 0 saturated carbocycles. The minimum atomic E-state index is -0.653. The molecule has 2 aliphatic carbocycles. The van der Waals surface area contributed by atoms with Crippen molar-refractivity contribution in [1.29, 1.82) is 0 Å². The lowest BCUT2D eigenvalue weighted by Crippen LogP contribution is -2.28. The first-order valence-electron chi connectivity index (χ1n) is 24.3. The van der Waals surface area contributed by atoms with E-state index in [2.05, 4.69) is 280 Å². The summed E-state index contributed by atoms with van der Waals surface area (Å²) in [7, 11) is 0. The first kappa shape index (κ1) is 41.5. The molecule has 2 aliphatic rings. The smallest absolute Gasteiger partial charge is 0.142 e. The highest BCUT2D eigenvalue weighted by Crippen LogP contribution is 2.63. The van der Waals surface area contributed by atoms with Crippen molar-refractivity contribution in [3.63, 3.8) is 0 Å². The zero-order valence-corrected chi connectivity index (χ0v) is 39.2. The number of anilines is 3. The first-order chi connectivity index (χ1) is 34.5. The van der Waals surface area contributed by atoms with Crippen molar-refractivity contribution in [2.75, 3.05) is 4.90 Å². The van der Waals surface area contributed by atoms with E-state index >= 15 is 0 Å². The molecule has 1 heterocycles. The second-order valence-corrected chi connectivity index (χ2v) is 19.2. The van der Waals surface area contributed by atoms with Crippen LogP contribution < -0.4 is 4.90 Å². The number of furan rings is 1. The topological polar surface area (TPSA) is 16.4 Å². The Kier molecular flexibility index (Phi) is 9.78. The second-order valence-electron chi connectivity index (χ2n) is 19.2. The van der Waals surface area contributed by atoms with Crippen LogP contribution in [0.5, 0.6) is 0 Å². The molecule has 0 aliphatic heterocycles. The molecular weight excluding hydrogens is 847 g/mol. The van der Waals surface area contributed by atoms with Crippen LogP contribution in [0.2, 0.25) is 0 Å². The largest absolute Gasteiger partial charge is 0.455 e. The Bertz CT molecular complexity index is 3650. The summed E-state index contributed by atoms with van der Waals surface area (Å²) in [4.78, 5) is 2.41. The average molecular weight is 896 g/mol. The standard InChI is InChI=1S/C68H49NO/c1-67(2)60-31-19-18-30-57(60)58-42-41-56(45-62(58)67)69(54-37-32-47(33-38-54)46-20-8-3-9-21-46)55-39-34-48(35-40-55)51-36-43-61-59(44-51)63-64(68(61,52-26-14-6-15-27-52)53-28-16-7-17-29-53)66(50-24-12-5-13-25-50)70-65(63)49-22-10-4-11-23-49/h3-45H,1-2H3. The molecule has 0 bridgehead atoms. The third kappa shape index (κ3) is 6.48. The van der Waals surface area contributed by atoms with Gasteiger partial charge in [-0.15, -0.1) is 0 Å². The molecule has 0 saturated heterocycles. The molecule has 0 fully saturated rings. The van der Waals surface area contributed by atoms with Gasteiger partial charge in [-0.2, -0.15) is 0 Å². The van der Waals surface area contributed by atoms with Crippen LogP contribution in [0.3, 0.4) is 0 Å². The lowest BCUT2D eigenvalue weighted by atomic mass is 9.67. The van der Waals surface area contributed by atoms with Gasteiger partial charge >= 0.3 is 0 Å². The number of rotatable bonds is 9. The molecule has 0 amide bonds. The molecule has 2 heteroatoms. The summed E-state index contributed by atoms with van der Waals surface area (Å²) in [5.74, 6) is 1.77. The van der Waals surface area contributed by atoms with Gasteiger partial charge in [0.15, 0.2) is 0 Å². The third-order valence-electron chi connectivity index (χ3n) is 15.0. The monoisotopic (exact) mass is 895 g/mol. The van der Waals surface area contributed by atoms with Crippen LogP contribution in [0, 0.1) is 0 Å². The van der Waals surface area contributed by atoms with E-state index in [1.165, 1.54) is 61.2 Å². The SMILES string of the molecule is CC1(C)c2ccccc2-c2ccc(N(c3ccc(-c4ccccc4)cc3)c3ccc(-c4ccc5c(c4)-c4c(-c6ccccc6)oc(-c6ccccc6)c4C5(c4ccccc4)c4ccccc4)cc3)cc21. The summed E-state index contributed by atoms with van der Waals surface area (Å²) >= 11 is 0. The molecule has 11 aromatic rings. The van der Waals surface area contributed by atoms with Gasteiger partial charge in [-0.25, -0.2) is 0 Å². The van der Waals surface area contributed by atoms with Crippen LogP contribution in [-0.4, -0.2) is 0 Å². The molecule has 0 spiro atoms. The number of nitrogens with zero attached hydrogens (tertiary/aromatic N) is 1. The van der Waals surface area contributed by atoms with Gasteiger partial charge in [0.25, 0.3) is 0 Å². The Labute approximate surface area is 410 Å². The van der Waals surface area contributed by atoms with Gasteiger partial charge in [0.1, 0.15) is 11.5 Å². The van der Waals surface area contributed by atoms with Crippen molar-refractivity contribution in [3.8, 4) is 67.2 Å². The zero-order valence-electron chi connectivity index (χ0n) is 39.2. The zero-order chi connectivity index (χ0) is 46.8. The summed E-state index contributed by atoms with van der Waals surface area (Å²) < 4.78 is 7.27. The Hall–Kier alpha value is -8.72. The average Bonchev–Trinajstić information content (AvgIpc) is 4.05. The highest BCUT2D eigenvalue weighted by Gasteiger charge is 2.51. The van der Waals surface area contributed by atoms with Gasteiger partial charge < -0.3 is 9.32 Å². The molecule has 332 valence electrons. The van der Waals surface area contributed by atoms with E-state index in [-0.39, 0.29) is 5.41 Å². The summed E-state index contributed by atoms with van der Waals surface area (Å²) in [6, 6.07) is 95.0. The lowest BCUT2D eigenvalue weighted by Gasteiger charge is -2.34. The molecule has 0 atom stereocenters. The summed E-state index contributed by atoms with van der Waals surface area (Å²) in [6.45, 7) is 4.71. The molecule has 10 aromatic carbocycles. The third-order valence-corrected chi connectivity index (χ3v) is 15.0. The Morgan fingerprint density at radius 1 is 0.314 bits per heavy atom. The van der Waals surface area contributed by atoms with Crippen molar-refractivity contribution < 1.29 is 4.42 Å². The van der Waals surface area contributed by atoms with E-state index in [0.717, 1.165) is 56.4 Å². The molecule has 0 N–H and O–H groups in total. The first-order valence-corrected chi connectivity index (χ1v) is 24.3. The fraction of sp³-hybridized carbons (Fsp3) is 0.0588. The number of benzene rings is 10. The van der Waals surface area contributed by atoms with Crippen LogP contribution in [0.25, 0.3) is 67.2 Å². The summed E-state index contributed by atoms with van der Waals surface area (Å²) in [5, 5.41) is 0. The second kappa shape index (κ2) is 16.5. The molecule has 70 heavy (non-hydrogen) atoms. The highest BCUT2D eigenvalue weighted by atomic mass is 16.3. The van der Waals surface area contributed by atoms with Crippen LogP contribution >= 0.6 is 0 Å². The highest BCUT2D eigenvalue weighted by molar-refractivity contribution is 5.99. The van der Waals surface area contributed by atoms with Gasteiger partial charge in [-0.3, -0.25) is 0 Å². The van der Waals surface area contributed by atoms with Gasteiger partial charge in [0.05, 0.1) is 5.41 Å². The molecule has 0 unspecified atom stereocenters. The maximum absolute atomic E-state index is 7.27. The Balaban J connectivity index is 0.979. The summed E-state index contributed by atoms with van der Waals surface area (Å²) in [6.07, 6.45) is 0. The van der Waals surface area contributed by atoms with E-state index in [0.29, 0.717) is 0 Å². The van der Waals surface area contributed by atoms with Crippen LogP contribution in [0.1, 0.15) is 47.2 Å². The predicted molar refractivity (Wildman–Crippen MR) is 290 cm³/mol. The normalized spacial score (nSPS) is 13.5. The lowest BCUT2D eigenvalue weighted by molar-refractivity contribution is 0.587. The van der Waals surface area contributed by atoms with E-state index in [1.54, 1.807) is 0 Å². The summed E-state index contributed by atoms with van der Waals surface area (Å²) in [5.41, 5.74) is 21.8. The van der Waals surface area contributed by atoms with Crippen molar-refractivity contribution >= 4 is 17.1 Å². The molecule has 2 nitrogen and oxygen atoms in total. The molecule has 13 rings (SSSR count). The van der Waals surface area contributed by atoms with Gasteiger partial charge in [-0.05, 0) is 109 Å². The van der Waals surface area contributed by atoms with Crippen LogP contribution in [-0.2, 0) is 10.8 Å². The van der Waals surface area contributed by atoms with Crippen LogP contribution in [0.4, 0.5) is 17.1 Å². The van der Waals surface area contributed by atoms with Crippen LogP contribution in [0.15, 0.2) is 265 Å².